The van der Waals surface area contributed by atoms with Crippen molar-refractivity contribution >= 4 is 29.3 Å². The number of rotatable bonds is 5. The third kappa shape index (κ3) is 3.46. The maximum atomic E-state index is 10.6. The number of hydrogen-bond acceptors (Lipinski definition) is 7. The highest BCUT2D eigenvalue weighted by atomic mass is 32.2. The largest absolute Gasteiger partial charge is 0.325 e. The summed E-state index contributed by atoms with van der Waals surface area (Å²) in [6, 6.07) is 22.0. The Balaban J connectivity index is 1.53. The van der Waals surface area contributed by atoms with Gasteiger partial charge in [-0.2, -0.15) is 0 Å². The molecule has 0 unspecified atom stereocenters. The van der Waals surface area contributed by atoms with E-state index in [1.807, 2.05) is 54.6 Å². The first-order valence-corrected chi connectivity index (χ1v) is 10.1. The molecule has 144 valence electrons. The molecule has 5 rings (SSSR count). The van der Waals surface area contributed by atoms with E-state index in [2.05, 4.69) is 42.9 Å². The van der Waals surface area contributed by atoms with Crippen LogP contribution in [0.5, 0.6) is 0 Å². The molecule has 0 atom stereocenters. The van der Waals surface area contributed by atoms with Crippen molar-refractivity contribution in [2.24, 2.45) is 0 Å². The summed E-state index contributed by atoms with van der Waals surface area (Å²) in [6.45, 7) is 1.08. The Morgan fingerprint density at radius 3 is 2.52 bits per heavy atom. The highest BCUT2D eigenvalue weighted by Crippen LogP contribution is 2.44. The van der Waals surface area contributed by atoms with Crippen LogP contribution in [-0.4, -0.2) is 31.0 Å². The fourth-order valence-electron chi connectivity index (χ4n) is 3.49. The molecule has 3 aromatic rings. The fraction of sp³-hybridized carbons (Fsp3) is 0.0909. The lowest BCUT2D eigenvalue weighted by molar-refractivity contribution is 0.243. The van der Waals surface area contributed by atoms with Crippen molar-refractivity contribution in [3.05, 3.63) is 101 Å². The molecule has 3 heterocycles. The van der Waals surface area contributed by atoms with Crippen LogP contribution in [-0.2, 0) is 6.54 Å². The lowest BCUT2D eigenvalue weighted by Crippen LogP contribution is -2.22. The van der Waals surface area contributed by atoms with Crippen molar-refractivity contribution in [3.8, 4) is 0 Å². The summed E-state index contributed by atoms with van der Waals surface area (Å²) in [7, 11) is 0. The topological polar surface area (TPSA) is 55.7 Å². The lowest BCUT2D eigenvalue weighted by Gasteiger charge is -2.23. The van der Waals surface area contributed by atoms with Gasteiger partial charge in [-0.1, -0.05) is 60.7 Å². The number of fused-ring (bicyclic) bond motifs is 2. The monoisotopic (exact) mass is 401 g/mol. The average molecular weight is 401 g/mol. The van der Waals surface area contributed by atoms with Crippen LogP contribution in [0.1, 0.15) is 16.8 Å². The molecule has 1 N–H and O–H groups in total. The molecule has 2 aliphatic heterocycles. The van der Waals surface area contributed by atoms with Gasteiger partial charge in [0.25, 0.3) is 0 Å². The zero-order valence-electron chi connectivity index (χ0n) is 15.6. The van der Waals surface area contributed by atoms with E-state index in [1.165, 1.54) is 0 Å². The highest BCUT2D eigenvalue weighted by molar-refractivity contribution is 8.00. The first kappa shape index (κ1) is 17.8. The van der Waals surface area contributed by atoms with Gasteiger partial charge < -0.3 is 4.90 Å². The Morgan fingerprint density at radius 1 is 0.966 bits per heavy atom. The maximum Gasteiger partial charge on any atom is 0.250 e. The second kappa shape index (κ2) is 7.62. The third-order valence-corrected chi connectivity index (χ3v) is 5.61. The van der Waals surface area contributed by atoms with Crippen molar-refractivity contribution < 1.29 is 5.21 Å². The summed E-state index contributed by atoms with van der Waals surface area (Å²) >= 11 is 1.67. The Bertz CT molecular complexity index is 1070. The van der Waals surface area contributed by atoms with E-state index >= 15 is 0 Å². The number of hydroxylamine groups is 1. The van der Waals surface area contributed by atoms with Gasteiger partial charge in [-0.3, -0.25) is 9.51 Å². The van der Waals surface area contributed by atoms with Crippen molar-refractivity contribution in [1.29, 1.82) is 0 Å². The van der Waals surface area contributed by atoms with E-state index in [9.17, 15) is 5.21 Å². The molecular formula is C22H19N5OS. The van der Waals surface area contributed by atoms with Gasteiger partial charge in [0.15, 0.2) is 0 Å². The molecule has 29 heavy (non-hydrogen) atoms. The van der Waals surface area contributed by atoms with Crippen LogP contribution in [0.25, 0.3) is 11.4 Å². The van der Waals surface area contributed by atoms with Gasteiger partial charge in [0, 0.05) is 23.4 Å². The Morgan fingerprint density at radius 2 is 1.72 bits per heavy atom. The van der Waals surface area contributed by atoms with E-state index in [4.69, 9.17) is 0 Å². The Hall–Kier alpha value is -3.29. The van der Waals surface area contributed by atoms with Gasteiger partial charge in [0.05, 0.1) is 23.6 Å². The predicted molar refractivity (Wildman–Crippen MR) is 115 cm³/mol. The molecule has 2 aromatic carbocycles. The smallest absolute Gasteiger partial charge is 0.250 e. The summed E-state index contributed by atoms with van der Waals surface area (Å²) in [5.74, 6) is 0.278. The summed E-state index contributed by atoms with van der Waals surface area (Å²) < 4.78 is 2.24. The summed E-state index contributed by atoms with van der Waals surface area (Å²) in [5, 5.41) is 13.7. The van der Waals surface area contributed by atoms with Crippen molar-refractivity contribution in [2.75, 3.05) is 11.7 Å². The van der Waals surface area contributed by atoms with Gasteiger partial charge in [0.2, 0.25) is 5.95 Å². The minimum Gasteiger partial charge on any atom is -0.325 e. The van der Waals surface area contributed by atoms with Crippen LogP contribution in [0, 0.1) is 0 Å². The Labute approximate surface area is 173 Å². The number of anilines is 1. The highest BCUT2D eigenvalue weighted by Gasteiger charge is 2.33. The first-order chi connectivity index (χ1) is 14.3. The summed E-state index contributed by atoms with van der Waals surface area (Å²) in [5.41, 5.74) is 5.01. The van der Waals surface area contributed by atoms with Crippen LogP contribution in [0.3, 0.4) is 0 Å². The van der Waals surface area contributed by atoms with Gasteiger partial charge >= 0.3 is 0 Å². The van der Waals surface area contributed by atoms with E-state index in [0.717, 1.165) is 39.9 Å². The normalized spacial score (nSPS) is 15.2. The van der Waals surface area contributed by atoms with E-state index in [-0.39, 0.29) is 5.95 Å². The van der Waals surface area contributed by atoms with Gasteiger partial charge in [-0.05, 0) is 23.6 Å². The van der Waals surface area contributed by atoms with E-state index in [1.54, 1.807) is 18.1 Å². The number of benzene rings is 2. The SMILES string of the molecule is ON(Cc1ccccc1)c1nccc(C2=C(c3ccccc3)N3CN2C=CS3)n1. The van der Waals surface area contributed by atoms with Gasteiger partial charge in [0.1, 0.15) is 6.67 Å². The van der Waals surface area contributed by atoms with Crippen LogP contribution < -0.4 is 5.06 Å². The summed E-state index contributed by atoms with van der Waals surface area (Å²) in [6.07, 6.45) is 3.76. The molecular weight excluding hydrogens is 382 g/mol. The number of aromatic nitrogens is 2. The Kier molecular flexibility index (Phi) is 4.67. The molecule has 0 amide bonds. The van der Waals surface area contributed by atoms with Crippen molar-refractivity contribution in [3.63, 3.8) is 0 Å². The zero-order valence-corrected chi connectivity index (χ0v) is 16.4. The molecule has 0 radical (unpaired) electrons. The minimum absolute atomic E-state index is 0.278. The van der Waals surface area contributed by atoms with Gasteiger partial charge in [-0.15, -0.1) is 0 Å². The molecule has 0 aliphatic carbocycles. The van der Waals surface area contributed by atoms with E-state index in [0.29, 0.717) is 6.54 Å². The van der Waals surface area contributed by atoms with E-state index < -0.39 is 0 Å². The van der Waals surface area contributed by atoms with Gasteiger partial charge in [-0.25, -0.2) is 15.0 Å². The van der Waals surface area contributed by atoms with Crippen molar-refractivity contribution in [2.45, 2.75) is 6.54 Å². The molecule has 6 nitrogen and oxygen atoms in total. The lowest BCUT2D eigenvalue weighted by atomic mass is 10.1. The zero-order chi connectivity index (χ0) is 19.6. The third-order valence-electron chi connectivity index (χ3n) is 4.81. The van der Waals surface area contributed by atoms with Crippen LogP contribution in [0.2, 0.25) is 0 Å². The van der Waals surface area contributed by atoms with Crippen LogP contribution in [0.15, 0.2) is 84.5 Å². The summed E-state index contributed by atoms with van der Waals surface area (Å²) in [4.78, 5) is 11.1. The molecule has 2 bridgehead atoms. The first-order valence-electron chi connectivity index (χ1n) is 9.31. The molecule has 0 saturated heterocycles. The minimum atomic E-state index is 0.278. The quantitative estimate of drug-likeness (QED) is 0.502. The fourth-order valence-corrected chi connectivity index (χ4v) is 4.33. The van der Waals surface area contributed by atoms with Crippen LogP contribution in [0.4, 0.5) is 5.95 Å². The predicted octanol–water partition coefficient (Wildman–Crippen LogP) is 4.41. The maximum absolute atomic E-state index is 10.6. The number of hydrogen-bond donors (Lipinski definition) is 1. The molecule has 1 aromatic heterocycles. The molecule has 0 saturated carbocycles. The second-order valence-electron chi connectivity index (χ2n) is 6.73. The molecule has 0 fully saturated rings. The van der Waals surface area contributed by atoms with Crippen molar-refractivity contribution in [1.82, 2.24) is 19.2 Å². The molecule has 2 aliphatic rings. The van der Waals surface area contributed by atoms with Crippen LogP contribution >= 0.6 is 11.9 Å². The second-order valence-corrected chi connectivity index (χ2v) is 7.65. The standard InChI is InChI=1S/C22H19N5OS/c28-26(15-17-7-3-1-4-8-17)22-23-12-11-19(24-22)21-20(18-9-5-2-6-10-18)27-16-25(21)13-14-29-27/h1-14,28H,15-16H2. The molecule has 7 heteroatoms. The number of nitrogens with zero attached hydrogens (tertiary/aromatic N) is 5. The molecule has 0 spiro atoms. The average Bonchev–Trinajstić information content (AvgIpc) is 3.04.